The Hall–Kier alpha value is -1.85. The fraction of sp³-hybridized carbons (Fsp3) is 0.591. The minimum atomic E-state index is -0.584. The van der Waals surface area contributed by atoms with Crippen LogP contribution in [0.3, 0.4) is 0 Å². The fourth-order valence-corrected chi connectivity index (χ4v) is 6.42. The highest BCUT2D eigenvalue weighted by Crippen LogP contribution is 2.55. The molecular formula is C22H28N2O3. The molecule has 0 amide bonds. The molecule has 5 heteroatoms. The number of hydrogen-bond acceptors (Lipinski definition) is 4. The standard InChI is InChI=1S/C22H28N2O3/c1-26-10-8-15-11-14-12-22(21(25)27-2)19-17(7-9-24(13-14)20(15)22)16-5-3-4-6-18(16)23-19/h3-6,14-15,20,23H,7-13H2,1-2H3/t14-,15+,20+,22-/m1/s1. The molecule has 5 atom stereocenters. The molecule has 5 nitrogen and oxygen atoms in total. The number of H-pyrrole nitrogens is 1. The van der Waals surface area contributed by atoms with E-state index in [1.807, 2.05) is 0 Å². The van der Waals surface area contributed by atoms with Crippen LogP contribution in [0.25, 0.3) is 10.9 Å². The second-order valence-corrected chi connectivity index (χ2v) is 8.52. The van der Waals surface area contributed by atoms with Gasteiger partial charge in [0, 0.05) is 49.4 Å². The number of rotatable bonds is 4. The molecule has 6 rings (SSSR count). The van der Waals surface area contributed by atoms with Crippen LogP contribution in [0, 0.1) is 11.8 Å². The molecule has 2 saturated heterocycles. The van der Waals surface area contributed by atoms with Gasteiger partial charge in [-0.3, -0.25) is 9.69 Å². The first-order valence-electron chi connectivity index (χ1n) is 10.1. The Morgan fingerprint density at radius 1 is 1.33 bits per heavy atom. The lowest BCUT2D eigenvalue weighted by Crippen LogP contribution is -2.67. The number of piperidine rings is 2. The third kappa shape index (κ3) is 2.34. The maximum atomic E-state index is 13.4. The van der Waals surface area contributed by atoms with Crippen LogP contribution < -0.4 is 0 Å². The molecule has 4 bridgehead atoms. The average Bonchev–Trinajstić information content (AvgIpc) is 3.04. The minimum absolute atomic E-state index is 0.0703. The normalized spacial score (nSPS) is 34.3. The predicted octanol–water partition coefficient (Wildman–Crippen LogP) is 2.88. The van der Waals surface area contributed by atoms with Crippen LogP contribution in [0.2, 0.25) is 0 Å². The summed E-state index contributed by atoms with van der Waals surface area (Å²) >= 11 is 0. The molecule has 1 saturated carbocycles. The van der Waals surface area contributed by atoms with Gasteiger partial charge in [-0.25, -0.2) is 0 Å². The topological polar surface area (TPSA) is 54.6 Å². The maximum absolute atomic E-state index is 13.4. The Morgan fingerprint density at radius 3 is 3.00 bits per heavy atom. The van der Waals surface area contributed by atoms with Crippen molar-refractivity contribution in [3.63, 3.8) is 0 Å². The van der Waals surface area contributed by atoms with Crippen LogP contribution >= 0.6 is 0 Å². The van der Waals surface area contributed by atoms with E-state index in [2.05, 4.69) is 34.1 Å². The molecule has 4 heterocycles. The van der Waals surface area contributed by atoms with Crippen LogP contribution in [0.5, 0.6) is 0 Å². The molecule has 0 radical (unpaired) electrons. The quantitative estimate of drug-likeness (QED) is 0.843. The maximum Gasteiger partial charge on any atom is 0.319 e. The number of hydrogen-bond donors (Lipinski definition) is 1. The number of fused-ring (bicyclic) bond motifs is 4. The number of nitrogens with one attached hydrogen (secondary N) is 1. The summed E-state index contributed by atoms with van der Waals surface area (Å²) in [6, 6.07) is 8.65. The molecule has 144 valence electrons. The van der Waals surface area contributed by atoms with E-state index in [9.17, 15) is 4.79 Å². The molecule has 1 aliphatic carbocycles. The highest BCUT2D eigenvalue weighted by molar-refractivity contribution is 5.91. The first-order valence-corrected chi connectivity index (χ1v) is 10.1. The Balaban J connectivity index is 1.72. The van der Waals surface area contributed by atoms with Crippen molar-refractivity contribution in [1.29, 1.82) is 0 Å². The van der Waals surface area contributed by atoms with Crippen molar-refractivity contribution >= 4 is 16.9 Å². The molecule has 1 N–H and O–H groups in total. The van der Waals surface area contributed by atoms with Crippen molar-refractivity contribution in [3.8, 4) is 0 Å². The van der Waals surface area contributed by atoms with Crippen LogP contribution in [-0.4, -0.2) is 55.8 Å². The first-order chi connectivity index (χ1) is 13.2. The highest BCUT2D eigenvalue weighted by atomic mass is 16.5. The Kier molecular flexibility index (Phi) is 4.06. The number of nitrogens with zero attached hydrogens (tertiary/aromatic N) is 1. The number of esters is 1. The number of methoxy groups -OCH3 is 2. The second-order valence-electron chi connectivity index (χ2n) is 8.52. The van der Waals surface area contributed by atoms with Gasteiger partial charge < -0.3 is 14.5 Å². The Labute approximate surface area is 160 Å². The molecule has 4 aliphatic rings. The number of carbonyl (C=O) groups excluding carboxylic acids is 1. The number of ether oxygens (including phenoxy) is 2. The second kappa shape index (κ2) is 6.35. The van der Waals surface area contributed by atoms with Crippen molar-refractivity contribution in [2.45, 2.75) is 37.1 Å². The molecule has 1 aromatic carbocycles. The predicted molar refractivity (Wildman–Crippen MR) is 104 cm³/mol. The van der Waals surface area contributed by atoms with Gasteiger partial charge in [-0.05, 0) is 49.1 Å². The third-order valence-corrected chi connectivity index (χ3v) is 7.24. The molecule has 27 heavy (non-hydrogen) atoms. The molecule has 1 aromatic heterocycles. The Bertz CT molecular complexity index is 876. The lowest BCUT2D eigenvalue weighted by molar-refractivity contribution is -0.162. The van der Waals surface area contributed by atoms with E-state index < -0.39 is 5.41 Å². The van der Waals surface area contributed by atoms with E-state index in [0.29, 0.717) is 11.8 Å². The summed E-state index contributed by atoms with van der Waals surface area (Å²) in [6.07, 6.45) is 4.07. The summed E-state index contributed by atoms with van der Waals surface area (Å²) in [5.41, 5.74) is 2.99. The van der Waals surface area contributed by atoms with Gasteiger partial charge in [0.05, 0.1) is 7.11 Å². The van der Waals surface area contributed by atoms with Crippen LogP contribution in [0.15, 0.2) is 24.3 Å². The summed E-state index contributed by atoms with van der Waals surface area (Å²) in [5.74, 6) is 0.932. The van der Waals surface area contributed by atoms with Crippen LogP contribution in [0.4, 0.5) is 0 Å². The molecular weight excluding hydrogens is 340 g/mol. The molecule has 3 fully saturated rings. The number of para-hydroxylation sites is 1. The summed E-state index contributed by atoms with van der Waals surface area (Å²) in [4.78, 5) is 19.7. The summed E-state index contributed by atoms with van der Waals surface area (Å²) in [7, 11) is 3.31. The summed E-state index contributed by atoms with van der Waals surface area (Å²) in [5, 5.41) is 1.26. The van der Waals surface area contributed by atoms with Crippen LogP contribution in [-0.2, 0) is 26.1 Å². The van der Waals surface area contributed by atoms with E-state index in [0.717, 1.165) is 50.2 Å². The van der Waals surface area contributed by atoms with Crippen molar-refractivity contribution in [3.05, 3.63) is 35.5 Å². The largest absolute Gasteiger partial charge is 0.468 e. The molecule has 0 spiro atoms. The van der Waals surface area contributed by atoms with Crippen LogP contribution in [0.1, 0.15) is 30.5 Å². The molecule has 1 unspecified atom stereocenters. The molecule has 2 aromatic rings. The Morgan fingerprint density at radius 2 is 2.19 bits per heavy atom. The van der Waals surface area contributed by atoms with Gasteiger partial charge in [0.2, 0.25) is 0 Å². The lowest BCUT2D eigenvalue weighted by atomic mass is 9.56. The lowest BCUT2D eigenvalue weighted by Gasteiger charge is -2.58. The van der Waals surface area contributed by atoms with E-state index in [1.54, 1.807) is 14.2 Å². The average molecular weight is 368 g/mol. The molecule has 3 aliphatic heterocycles. The SMILES string of the molecule is COCC[C@H]1C[C@H]2CN3CCc4c([nH]c5ccccc45)[C@](C(=O)OC)(C2)[C@H]13. The van der Waals surface area contributed by atoms with E-state index >= 15 is 0 Å². The van der Waals surface area contributed by atoms with Crippen molar-refractivity contribution in [1.82, 2.24) is 9.88 Å². The monoisotopic (exact) mass is 368 g/mol. The van der Waals surface area contributed by atoms with E-state index in [1.165, 1.54) is 17.4 Å². The first kappa shape index (κ1) is 17.3. The van der Waals surface area contributed by atoms with Gasteiger partial charge >= 0.3 is 5.97 Å². The number of benzene rings is 1. The number of carbonyl (C=O) groups is 1. The van der Waals surface area contributed by atoms with E-state index in [4.69, 9.17) is 9.47 Å². The number of aromatic nitrogens is 1. The highest BCUT2D eigenvalue weighted by Gasteiger charge is 2.62. The van der Waals surface area contributed by atoms with Gasteiger partial charge in [0.15, 0.2) is 0 Å². The summed E-state index contributed by atoms with van der Waals surface area (Å²) < 4.78 is 10.9. The van der Waals surface area contributed by atoms with Gasteiger partial charge in [-0.1, -0.05) is 18.2 Å². The number of aromatic amines is 1. The van der Waals surface area contributed by atoms with Crippen molar-refractivity contribution < 1.29 is 14.3 Å². The zero-order chi connectivity index (χ0) is 18.6. The zero-order valence-corrected chi connectivity index (χ0v) is 16.2. The zero-order valence-electron chi connectivity index (χ0n) is 16.2. The van der Waals surface area contributed by atoms with Gasteiger partial charge in [-0.2, -0.15) is 0 Å². The van der Waals surface area contributed by atoms with Gasteiger partial charge in [0.1, 0.15) is 5.41 Å². The fourth-order valence-electron chi connectivity index (χ4n) is 6.42. The third-order valence-electron chi connectivity index (χ3n) is 7.24. The minimum Gasteiger partial charge on any atom is -0.468 e. The smallest absolute Gasteiger partial charge is 0.319 e. The van der Waals surface area contributed by atoms with Gasteiger partial charge in [-0.15, -0.1) is 0 Å². The summed E-state index contributed by atoms with van der Waals surface area (Å²) in [6.45, 7) is 2.87. The van der Waals surface area contributed by atoms with E-state index in [-0.39, 0.29) is 12.0 Å². The van der Waals surface area contributed by atoms with Crippen molar-refractivity contribution in [2.75, 3.05) is 33.9 Å². The van der Waals surface area contributed by atoms with Crippen molar-refractivity contribution in [2.24, 2.45) is 11.8 Å². The van der Waals surface area contributed by atoms with Gasteiger partial charge in [0.25, 0.3) is 0 Å².